The fourth-order valence-electron chi connectivity index (χ4n) is 3.03. The van der Waals surface area contributed by atoms with Gasteiger partial charge in [-0.2, -0.15) is 0 Å². The van der Waals surface area contributed by atoms with Crippen LogP contribution >= 0.6 is 0 Å². The van der Waals surface area contributed by atoms with Crippen LogP contribution in [-0.2, 0) is 11.2 Å². The van der Waals surface area contributed by atoms with E-state index in [-0.39, 0.29) is 12.2 Å². The zero-order chi connectivity index (χ0) is 19.7. The molecule has 2 N–H and O–H groups in total. The van der Waals surface area contributed by atoms with Crippen molar-refractivity contribution in [3.05, 3.63) is 82.4 Å². The number of carbonyl (C=O) groups excluding carboxylic acids is 1. The fraction of sp³-hybridized carbons (Fsp3) is 0.0952. The predicted molar refractivity (Wildman–Crippen MR) is 101 cm³/mol. The molecule has 28 heavy (non-hydrogen) atoms. The average Bonchev–Trinajstić information content (AvgIpc) is 3.13. The highest BCUT2D eigenvalue weighted by Gasteiger charge is 2.23. The van der Waals surface area contributed by atoms with Crippen LogP contribution in [-0.4, -0.2) is 23.0 Å². The molecule has 0 fully saturated rings. The van der Waals surface area contributed by atoms with Crippen molar-refractivity contribution in [2.75, 3.05) is 0 Å². The minimum atomic E-state index is -1.15. The van der Waals surface area contributed by atoms with Gasteiger partial charge in [-0.05, 0) is 23.8 Å². The summed E-state index contributed by atoms with van der Waals surface area (Å²) in [5.74, 6) is -1.87. The molecule has 1 atom stereocenters. The van der Waals surface area contributed by atoms with Crippen LogP contribution in [0, 0.1) is 0 Å². The van der Waals surface area contributed by atoms with Gasteiger partial charge in [-0.1, -0.05) is 30.3 Å². The van der Waals surface area contributed by atoms with E-state index in [4.69, 9.17) is 8.83 Å². The van der Waals surface area contributed by atoms with Gasteiger partial charge < -0.3 is 19.3 Å². The molecule has 140 valence electrons. The number of carboxylic acids is 1. The van der Waals surface area contributed by atoms with Crippen LogP contribution in [0.15, 0.2) is 74.3 Å². The Morgan fingerprint density at radius 1 is 1.00 bits per heavy atom. The summed E-state index contributed by atoms with van der Waals surface area (Å²) in [6.07, 6.45) is 0.139. The van der Waals surface area contributed by atoms with Crippen molar-refractivity contribution < 1.29 is 23.5 Å². The van der Waals surface area contributed by atoms with Gasteiger partial charge >= 0.3 is 11.6 Å². The number of rotatable bonds is 5. The highest BCUT2D eigenvalue weighted by molar-refractivity contribution is 6.06. The van der Waals surface area contributed by atoms with Gasteiger partial charge in [0, 0.05) is 23.9 Å². The van der Waals surface area contributed by atoms with E-state index in [1.165, 1.54) is 12.1 Å². The van der Waals surface area contributed by atoms with Gasteiger partial charge in [0.25, 0.3) is 5.91 Å². The zero-order valence-corrected chi connectivity index (χ0v) is 14.5. The molecule has 2 heterocycles. The number of hydrogen-bond acceptors (Lipinski definition) is 5. The van der Waals surface area contributed by atoms with E-state index in [0.717, 1.165) is 5.56 Å². The second-order valence-corrected chi connectivity index (χ2v) is 6.31. The Hall–Kier alpha value is -3.87. The lowest BCUT2D eigenvalue weighted by Crippen LogP contribution is -2.42. The minimum absolute atomic E-state index is 0.0617. The summed E-state index contributed by atoms with van der Waals surface area (Å²) in [6, 6.07) is 15.6. The quantitative estimate of drug-likeness (QED) is 0.518. The molecule has 0 unspecified atom stereocenters. The maximum absolute atomic E-state index is 12.6. The van der Waals surface area contributed by atoms with E-state index in [1.54, 1.807) is 42.5 Å². The minimum Gasteiger partial charge on any atom is -0.480 e. The van der Waals surface area contributed by atoms with Crippen molar-refractivity contribution in [2.45, 2.75) is 12.5 Å². The van der Waals surface area contributed by atoms with Crippen LogP contribution in [0.3, 0.4) is 0 Å². The number of hydrogen-bond donors (Lipinski definition) is 2. The molecule has 7 nitrogen and oxygen atoms in total. The maximum Gasteiger partial charge on any atom is 0.336 e. The van der Waals surface area contributed by atoms with E-state index in [9.17, 15) is 19.5 Å². The largest absolute Gasteiger partial charge is 0.480 e. The molecular weight excluding hydrogens is 362 g/mol. The lowest BCUT2D eigenvalue weighted by molar-refractivity contribution is -0.139. The molecule has 1 amide bonds. The van der Waals surface area contributed by atoms with Gasteiger partial charge in [0.1, 0.15) is 17.2 Å². The number of carbonyl (C=O) groups is 2. The molecule has 0 spiro atoms. The van der Waals surface area contributed by atoms with Crippen LogP contribution < -0.4 is 10.9 Å². The lowest BCUT2D eigenvalue weighted by atomic mass is 10.1. The number of benzene rings is 2. The van der Waals surface area contributed by atoms with Crippen LogP contribution in [0.25, 0.3) is 21.9 Å². The maximum atomic E-state index is 12.6. The molecule has 0 saturated carbocycles. The third-order valence-electron chi connectivity index (χ3n) is 4.39. The standard InChI is InChI=1S/C21H15NO6/c23-18-9-7-13-6-8-16-14(19(13)28-18)11-17(27-16)20(24)22-15(21(25)26)10-12-4-2-1-3-5-12/h1-9,11,15H,10H2,(H,22,24)(H,25,26)/t15-/m0/s1. The van der Waals surface area contributed by atoms with Gasteiger partial charge in [0.2, 0.25) is 0 Å². The van der Waals surface area contributed by atoms with Crippen LogP contribution in [0.5, 0.6) is 0 Å². The summed E-state index contributed by atoms with van der Waals surface area (Å²) in [6.45, 7) is 0. The Morgan fingerprint density at radius 2 is 1.75 bits per heavy atom. The SMILES string of the molecule is O=C(N[C@@H](Cc1ccccc1)C(=O)O)c1cc2c(ccc3ccc(=O)oc32)o1. The van der Waals surface area contributed by atoms with Crippen LogP contribution in [0.4, 0.5) is 0 Å². The molecule has 0 radical (unpaired) electrons. The summed E-state index contributed by atoms with van der Waals surface area (Å²) in [5, 5.41) is 13.1. The monoisotopic (exact) mass is 377 g/mol. The molecule has 2 aromatic heterocycles. The van der Waals surface area contributed by atoms with E-state index in [2.05, 4.69) is 5.32 Å². The van der Waals surface area contributed by atoms with Gasteiger partial charge in [-0.3, -0.25) is 4.79 Å². The van der Waals surface area contributed by atoms with Crippen molar-refractivity contribution in [1.29, 1.82) is 0 Å². The summed E-state index contributed by atoms with van der Waals surface area (Å²) in [4.78, 5) is 35.6. The Kier molecular flexibility index (Phi) is 4.41. The number of fused-ring (bicyclic) bond motifs is 3. The average molecular weight is 377 g/mol. The number of nitrogens with one attached hydrogen (secondary N) is 1. The first-order chi connectivity index (χ1) is 13.5. The van der Waals surface area contributed by atoms with Gasteiger partial charge in [0.15, 0.2) is 5.76 Å². The van der Waals surface area contributed by atoms with Crippen molar-refractivity contribution in [3.8, 4) is 0 Å². The lowest BCUT2D eigenvalue weighted by Gasteiger charge is -2.13. The van der Waals surface area contributed by atoms with Crippen molar-refractivity contribution in [1.82, 2.24) is 5.32 Å². The second-order valence-electron chi connectivity index (χ2n) is 6.31. The zero-order valence-electron chi connectivity index (χ0n) is 14.5. The second kappa shape index (κ2) is 7.03. The fourth-order valence-corrected chi connectivity index (χ4v) is 3.03. The molecule has 0 aliphatic carbocycles. The Labute approximate surface area is 158 Å². The van der Waals surface area contributed by atoms with Gasteiger partial charge in [-0.25, -0.2) is 9.59 Å². The van der Waals surface area contributed by atoms with Crippen molar-refractivity contribution >= 4 is 33.8 Å². The third-order valence-corrected chi connectivity index (χ3v) is 4.39. The third kappa shape index (κ3) is 3.37. The molecular formula is C21H15NO6. The van der Waals surface area contributed by atoms with Gasteiger partial charge in [-0.15, -0.1) is 0 Å². The topological polar surface area (TPSA) is 110 Å². The number of amides is 1. The van der Waals surface area contributed by atoms with E-state index in [0.29, 0.717) is 21.9 Å². The van der Waals surface area contributed by atoms with Crippen molar-refractivity contribution in [3.63, 3.8) is 0 Å². The summed E-state index contributed by atoms with van der Waals surface area (Å²) in [7, 11) is 0. The summed E-state index contributed by atoms with van der Waals surface area (Å²) < 4.78 is 10.8. The Bertz CT molecular complexity index is 1240. The smallest absolute Gasteiger partial charge is 0.336 e. The first kappa shape index (κ1) is 17.5. The Morgan fingerprint density at radius 3 is 2.50 bits per heavy atom. The molecule has 0 saturated heterocycles. The molecule has 7 heteroatoms. The summed E-state index contributed by atoms with van der Waals surface area (Å²) in [5.41, 5.74) is 0.947. The van der Waals surface area contributed by atoms with Crippen molar-refractivity contribution in [2.24, 2.45) is 0 Å². The highest BCUT2D eigenvalue weighted by atomic mass is 16.4. The first-order valence-corrected chi connectivity index (χ1v) is 8.55. The number of carboxylic acid groups (broad SMARTS) is 1. The van der Waals surface area contributed by atoms with E-state index in [1.807, 2.05) is 6.07 Å². The predicted octanol–water partition coefficient (Wildman–Crippen LogP) is 2.96. The van der Waals surface area contributed by atoms with E-state index < -0.39 is 23.5 Å². The number of aliphatic carboxylic acids is 1. The Balaban J connectivity index is 1.64. The molecule has 0 aliphatic heterocycles. The normalized spacial score (nSPS) is 12.1. The van der Waals surface area contributed by atoms with Gasteiger partial charge in [0.05, 0.1) is 5.39 Å². The molecule has 4 rings (SSSR count). The highest BCUT2D eigenvalue weighted by Crippen LogP contribution is 2.27. The van der Waals surface area contributed by atoms with Crippen LogP contribution in [0.1, 0.15) is 16.1 Å². The molecule has 0 bridgehead atoms. The van der Waals surface area contributed by atoms with E-state index >= 15 is 0 Å². The van der Waals surface area contributed by atoms with Crippen LogP contribution in [0.2, 0.25) is 0 Å². The first-order valence-electron chi connectivity index (χ1n) is 8.55. The molecule has 0 aliphatic rings. The molecule has 4 aromatic rings. The summed E-state index contributed by atoms with van der Waals surface area (Å²) >= 11 is 0. The molecule has 2 aromatic carbocycles. The number of furan rings is 1.